The van der Waals surface area contributed by atoms with Crippen LogP contribution in [0.4, 0.5) is 5.69 Å². The number of ether oxygens (including phenoxy) is 1. The maximum Gasteiger partial charge on any atom is 0.268 e. The number of carbonyl (C=O) groups is 1. The zero-order valence-corrected chi connectivity index (χ0v) is 17.0. The van der Waals surface area contributed by atoms with E-state index in [0.717, 1.165) is 48.8 Å². The zero-order chi connectivity index (χ0) is 21.2. The van der Waals surface area contributed by atoms with Crippen molar-refractivity contribution in [2.24, 2.45) is 5.73 Å². The van der Waals surface area contributed by atoms with Gasteiger partial charge in [0.05, 0.1) is 5.69 Å². The molecule has 2 aromatic carbocycles. The van der Waals surface area contributed by atoms with Crippen LogP contribution in [0.5, 0.6) is 11.5 Å². The fraction of sp³-hybridized carbons (Fsp3) is 0.167. The Morgan fingerprint density at radius 2 is 1.65 bits per heavy atom. The number of nitrogens with two attached hydrogens (primary N) is 1. The number of nitrogens with zero attached hydrogens (tertiary/aromatic N) is 3. The molecule has 31 heavy (non-hydrogen) atoms. The first-order valence-electron chi connectivity index (χ1n) is 10.3. The summed E-state index contributed by atoms with van der Waals surface area (Å²) in [6, 6.07) is 21.1. The number of rotatable bonds is 5. The molecule has 0 unspecified atom stereocenters. The van der Waals surface area contributed by atoms with Gasteiger partial charge in [0.1, 0.15) is 22.9 Å². The number of nitrogens with one attached hydrogen (secondary N) is 1. The molecule has 0 aliphatic carbocycles. The Hall–Kier alpha value is -3.84. The van der Waals surface area contributed by atoms with E-state index < -0.39 is 5.91 Å². The predicted octanol–water partition coefficient (Wildman–Crippen LogP) is 3.30. The van der Waals surface area contributed by atoms with Crippen LogP contribution >= 0.6 is 0 Å². The molecule has 7 heteroatoms. The first-order chi connectivity index (χ1) is 15.2. The number of carbonyl (C=O) groups excluding carboxylic acids is 1. The fourth-order valence-electron chi connectivity index (χ4n) is 3.95. The van der Waals surface area contributed by atoms with Crippen molar-refractivity contribution in [3.05, 3.63) is 78.6 Å². The summed E-state index contributed by atoms with van der Waals surface area (Å²) in [5.74, 6) is 0.965. The third-order valence-corrected chi connectivity index (χ3v) is 5.43. The van der Waals surface area contributed by atoms with Gasteiger partial charge in [0, 0.05) is 37.9 Å². The largest absolute Gasteiger partial charge is 0.457 e. The van der Waals surface area contributed by atoms with E-state index in [1.54, 1.807) is 4.40 Å². The fourth-order valence-corrected chi connectivity index (χ4v) is 3.95. The molecule has 1 fully saturated rings. The second-order valence-corrected chi connectivity index (χ2v) is 7.44. The third-order valence-electron chi connectivity index (χ3n) is 5.43. The van der Waals surface area contributed by atoms with Gasteiger partial charge in [0.15, 0.2) is 5.65 Å². The minimum absolute atomic E-state index is 0.378. The first-order valence-corrected chi connectivity index (χ1v) is 10.3. The maximum atomic E-state index is 12.4. The first kappa shape index (κ1) is 19.1. The van der Waals surface area contributed by atoms with Crippen molar-refractivity contribution < 1.29 is 9.53 Å². The number of anilines is 1. The zero-order valence-electron chi connectivity index (χ0n) is 17.0. The van der Waals surface area contributed by atoms with Crippen molar-refractivity contribution >= 4 is 17.2 Å². The lowest BCUT2D eigenvalue weighted by Gasteiger charge is -2.29. The number of amides is 1. The summed E-state index contributed by atoms with van der Waals surface area (Å²) in [5.41, 5.74) is 9.27. The van der Waals surface area contributed by atoms with Crippen LogP contribution in [0.2, 0.25) is 0 Å². The van der Waals surface area contributed by atoms with Crippen LogP contribution in [0.1, 0.15) is 10.5 Å². The summed E-state index contributed by atoms with van der Waals surface area (Å²) >= 11 is 0. The predicted molar refractivity (Wildman–Crippen MR) is 121 cm³/mol. The van der Waals surface area contributed by atoms with Crippen molar-refractivity contribution in [3.8, 4) is 22.8 Å². The van der Waals surface area contributed by atoms with E-state index in [-0.39, 0.29) is 0 Å². The highest BCUT2D eigenvalue weighted by atomic mass is 16.5. The Morgan fingerprint density at radius 3 is 2.35 bits per heavy atom. The third kappa shape index (κ3) is 3.71. The van der Waals surface area contributed by atoms with E-state index in [4.69, 9.17) is 15.5 Å². The van der Waals surface area contributed by atoms with E-state index >= 15 is 0 Å². The SMILES string of the molecule is NC(=O)c1c(-c2ccc(Oc3ccccc3)cc2)nc2c(N3CCNCC3)cccn12. The molecule has 0 bridgehead atoms. The van der Waals surface area contributed by atoms with Gasteiger partial charge in [-0.15, -0.1) is 0 Å². The summed E-state index contributed by atoms with van der Waals surface area (Å²) in [7, 11) is 0. The average molecular weight is 413 g/mol. The highest BCUT2D eigenvalue weighted by Crippen LogP contribution is 2.31. The van der Waals surface area contributed by atoms with Crippen LogP contribution in [0.3, 0.4) is 0 Å². The lowest BCUT2D eigenvalue weighted by atomic mass is 10.1. The summed E-state index contributed by atoms with van der Waals surface area (Å²) in [5, 5.41) is 3.36. The van der Waals surface area contributed by atoms with Gasteiger partial charge in [-0.2, -0.15) is 0 Å². The molecule has 0 radical (unpaired) electrons. The number of benzene rings is 2. The maximum absolute atomic E-state index is 12.4. The molecule has 4 aromatic rings. The molecule has 0 atom stereocenters. The van der Waals surface area contributed by atoms with Crippen molar-refractivity contribution in [2.45, 2.75) is 0 Å². The summed E-state index contributed by atoms with van der Waals surface area (Å²) < 4.78 is 7.67. The van der Waals surface area contributed by atoms with Crippen LogP contribution in [-0.2, 0) is 0 Å². The Kier molecular flexibility index (Phi) is 5.01. The van der Waals surface area contributed by atoms with Gasteiger partial charge in [-0.05, 0) is 48.5 Å². The van der Waals surface area contributed by atoms with Gasteiger partial charge < -0.3 is 20.7 Å². The minimum atomic E-state index is -0.510. The number of fused-ring (bicyclic) bond motifs is 1. The summed E-state index contributed by atoms with van der Waals surface area (Å²) in [4.78, 5) is 19.5. The number of primary amides is 1. The number of piperazine rings is 1. The summed E-state index contributed by atoms with van der Waals surface area (Å²) in [6.07, 6.45) is 1.84. The van der Waals surface area contributed by atoms with Crippen LogP contribution in [0, 0.1) is 0 Å². The van der Waals surface area contributed by atoms with Gasteiger partial charge in [0.2, 0.25) is 0 Å². The Balaban J connectivity index is 1.54. The van der Waals surface area contributed by atoms with Crippen LogP contribution in [0.25, 0.3) is 16.9 Å². The van der Waals surface area contributed by atoms with Gasteiger partial charge in [-0.25, -0.2) is 4.98 Å². The number of imidazole rings is 1. The Morgan fingerprint density at radius 1 is 0.935 bits per heavy atom. The lowest BCUT2D eigenvalue weighted by molar-refractivity contribution is 0.0995. The van der Waals surface area contributed by atoms with E-state index in [0.29, 0.717) is 17.1 Å². The van der Waals surface area contributed by atoms with Crippen molar-refractivity contribution in [1.82, 2.24) is 14.7 Å². The lowest BCUT2D eigenvalue weighted by Crippen LogP contribution is -2.43. The highest BCUT2D eigenvalue weighted by Gasteiger charge is 2.22. The van der Waals surface area contributed by atoms with Crippen molar-refractivity contribution in [2.75, 3.05) is 31.1 Å². The Labute approximate surface area is 180 Å². The molecular formula is C24H23N5O2. The highest BCUT2D eigenvalue weighted by molar-refractivity contribution is 5.99. The molecule has 1 saturated heterocycles. The van der Waals surface area contributed by atoms with E-state index in [1.165, 1.54) is 0 Å². The summed E-state index contributed by atoms with van der Waals surface area (Å²) in [6.45, 7) is 3.61. The van der Waals surface area contributed by atoms with Gasteiger partial charge in [0.25, 0.3) is 5.91 Å². The smallest absolute Gasteiger partial charge is 0.268 e. The molecule has 3 heterocycles. The second-order valence-electron chi connectivity index (χ2n) is 7.44. The molecule has 5 rings (SSSR count). The van der Waals surface area contributed by atoms with E-state index in [1.807, 2.05) is 72.9 Å². The number of aromatic nitrogens is 2. The quantitative estimate of drug-likeness (QED) is 0.524. The van der Waals surface area contributed by atoms with Gasteiger partial charge >= 0.3 is 0 Å². The molecule has 0 spiro atoms. The van der Waals surface area contributed by atoms with Crippen LogP contribution in [-0.4, -0.2) is 41.5 Å². The molecule has 1 aliphatic heterocycles. The molecule has 156 valence electrons. The normalized spacial score (nSPS) is 14.0. The van der Waals surface area contributed by atoms with Crippen molar-refractivity contribution in [3.63, 3.8) is 0 Å². The van der Waals surface area contributed by atoms with Gasteiger partial charge in [-0.3, -0.25) is 9.20 Å². The monoisotopic (exact) mass is 413 g/mol. The van der Waals surface area contributed by atoms with E-state index in [2.05, 4.69) is 10.2 Å². The molecule has 3 N–H and O–H groups in total. The molecular weight excluding hydrogens is 390 g/mol. The van der Waals surface area contributed by atoms with Crippen LogP contribution in [0.15, 0.2) is 72.9 Å². The number of hydrogen-bond donors (Lipinski definition) is 2. The van der Waals surface area contributed by atoms with Crippen molar-refractivity contribution in [1.29, 1.82) is 0 Å². The Bertz CT molecular complexity index is 1210. The minimum Gasteiger partial charge on any atom is -0.457 e. The van der Waals surface area contributed by atoms with Gasteiger partial charge in [-0.1, -0.05) is 18.2 Å². The topological polar surface area (TPSA) is 84.9 Å². The molecule has 0 saturated carbocycles. The average Bonchev–Trinajstić information content (AvgIpc) is 3.21. The molecule has 7 nitrogen and oxygen atoms in total. The van der Waals surface area contributed by atoms with Crippen LogP contribution < -0.4 is 20.7 Å². The number of hydrogen-bond acceptors (Lipinski definition) is 5. The number of para-hydroxylation sites is 1. The standard InChI is InChI=1S/C24H23N5O2/c25-23(30)22-21(17-8-10-19(11-9-17)31-18-5-2-1-3-6-18)27-24-20(7-4-14-29(22)24)28-15-12-26-13-16-28/h1-11,14,26H,12-13,15-16H2,(H2,25,30). The second kappa shape index (κ2) is 8.12. The molecule has 1 amide bonds. The molecule has 2 aromatic heterocycles. The van der Waals surface area contributed by atoms with E-state index in [9.17, 15) is 4.79 Å². The number of pyridine rings is 1. The molecule has 1 aliphatic rings.